The Labute approximate surface area is 168 Å². The van der Waals surface area contributed by atoms with Gasteiger partial charge in [0.2, 0.25) is 0 Å². The molecule has 0 aliphatic rings. The Morgan fingerprint density at radius 3 is 2.26 bits per heavy atom. The van der Waals surface area contributed by atoms with Gasteiger partial charge in [0.1, 0.15) is 6.10 Å². The molecule has 0 spiro atoms. The molecule has 0 fully saturated rings. The summed E-state index contributed by atoms with van der Waals surface area (Å²) in [6.07, 6.45) is 7.47. The number of Topliss-reactive ketones (excluding diaryl/α,β-unsaturated/α-hetero) is 1. The Bertz CT molecular complexity index is 597. The molecule has 1 aromatic carbocycles. The zero-order chi connectivity index (χ0) is 20.5. The molecule has 27 heavy (non-hydrogen) atoms. The highest BCUT2D eigenvalue weighted by atomic mass is 28.4. The van der Waals surface area contributed by atoms with Crippen LogP contribution in [-0.2, 0) is 9.22 Å². The number of benzene rings is 1. The van der Waals surface area contributed by atoms with Crippen LogP contribution in [0.15, 0.2) is 36.4 Å². The number of rotatable bonds is 11. The Balaban J connectivity index is 2.80. The van der Waals surface area contributed by atoms with Crippen molar-refractivity contribution in [2.45, 2.75) is 97.4 Å². The standard InChI is InChI=1S/C24H40O2Si/c1-8-10-12-17-23(26-27(6,7)24(3,4)5)22(25)19-18-20(9-2)21-15-13-11-14-16-21/h9,11,13-16,23H,8,10,12,17-19H2,1-7H3/b20-9-. The van der Waals surface area contributed by atoms with Crippen LogP contribution in [0.3, 0.4) is 0 Å². The maximum absolute atomic E-state index is 13.1. The molecule has 0 amide bonds. The number of hydrogen-bond acceptors (Lipinski definition) is 2. The fourth-order valence-electron chi connectivity index (χ4n) is 2.92. The normalized spacial score (nSPS) is 14.3. The number of carbonyl (C=O) groups is 1. The van der Waals surface area contributed by atoms with Gasteiger partial charge in [-0.15, -0.1) is 0 Å². The predicted octanol–water partition coefficient (Wildman–Crippen LogP) is 7.41. The third-order valence-corrected chi connectivity index (χ3v) is 10.3. The highest BCUT2D eigenvalue weighted by Crippen LogP contribution is 2.38. The van der Waals surface area contributed by atoms with Gasteiger partial charge in [0, 0.05) is 6.42 Å². The zero-order valence-electron chi connectivity index (χ0n) is 18.6. The van der Waals surface area contributed by atoms with Gasteiger partial charge in [0.15, 0.2) is 14.1 Å². The van der Waals surface area contributed by atoms with Crippen molar-refractivity contribution in [3.63, 3.8) is 0 Å². The van der Waals surface area contributed by atoms with Gasteiger partial charge in [0.05, 0.1) is 0 Å². The number of hydrogen-bond donors (Lipinski definition) is 0. The van der Waals surface area contributed by atoms with Crippen molar-refractivity contribution in [3.05, 3.63) is 42.0 Å². The number of carbonyl (C=O) groups excluding carboxylic acids is 1. The lowest BCUT2D eigenvalue weighted by Crippen LogP contribution is -2.46. The summed E-state index contributed by atoms with van der Waals surface area (Å²) in [5.41, 5.74) is 2.45. The van der Waals surface area contributed by atoms with Crippen LogP contribution in [0.1, 0.15) is 78.7 Å². The first kappa shape index (κ1) is 23.8. The molecule has 0 saturated heterocycles. The molecule has 2 nitrogen and oxygen atoms in total. The second-order valence-electron chi connectivity index (χ2n) is 9.01. The number of allylic oxidation sites excluding steroid dienone is 2. The average Bonchev–Trinajstić information content (AvgIpc) is 2.61. The molecule has 0 aromatic heterocycles. The van der Waals surface area contributed by atoms with Crippen molar-refractivity contribution < 1.29 is 9.22 Å². The summed E-state index contributed by atoms with van der Waals surface area (Å²) in [6.45, 7) is 15.4. The van der Waals surface area contributed by atoms with Crippen LogP contribution in [0.25, 0.3) is 5.57 Å². The van der Waals surface area contributed by atoms with Crippen molar-refractivity contribution in [3.8, 4) is 0 Å². The molecule has 1 atom stereocenters. The van der Waals surface area contributed by atoms with E-state index in [0.717, 1.165) is 32.1 Å². The second kappa shape index (κ2) is 11.0. The van der Waals surface area contributed by atoms with E-state index in [9.17, 15) is 4.79 Å². The molecule has 0 saturated carbocycles. The van der Waals surface area contributed by atoms with E-state index in [4.69, 9.17) is 4.43 Å². The summed E-state index contributed by atoms with van der Waals surface area (Å²) < 4.78 is 6.55. The molecule has 0 heterocycles. The Kier molecular flexibility index (Phi) is 9.68. The Hall–Kier alpha value is -1.19. The summed E-state index contributed by atoms with van der Waals surface area (Å²) in [7, 11) is -1.95. The fraction of sp³-hybridized carbons (Fsp3) is 0.625. The van der Waals surface area contributed by atoms with Gasteiger partial charge in [-0.1, -0.05) is 83.4 Å². The molecule has 0 aliphatic carbocycles. The molecule has 0 radical (unpaired) electrons. The van der Waals surface area contributed by atoms with Crippen LogP contribution in [0, 0.1) is 0 Å². The number of unbranched alkanes of at least 4 members (excludes halogenated alkanes) is 2. The smallest absolute Gasteiger partial charge is 0.193 e. The number of ketones is 1. The van der Waals surface area contributed by atoms with Crippen LogP contribution in [0.4, 0.5) is 0 Å². The highest BCUT2D eigenvalue weighted by molar-refractivity contribution is 6.74. The highest BCUT2D eigenvalue weighted by Gasteiger charge is 2.40. The van der Waals surface area contributed by atoms with Gasteiger partial charge in [-0.2, -0.15) is 0 Å². The predicted molar refractivity (Wildman–Crippen MR) is 121 cm³/mol. The van der Waals surface area contributed by atoms with Gasteiger partial charge in [0.25, 0.3) is 0 Å². The summed E-state index contributed by atoms with van der Waals surface area (Å²) in [4.78, 5) is 13.1. The van der Waals surface area contributed by atoms with Crippen molar-refractivity contribution in [2.24, 2.45) is 0 Å². The van der Waals surface area contributed by atoms with E-state index in [1.165, 1.54) is 11.1 Å². The monoisotopic (exact) mass is 388 g/mol. The van der Waals surface area contributed by atoms with E-state index in [1.807, 2.05) is 6.07 Å². The van der Waals surface area contributed by atoms with Gasteiger partial charge < -0.3 is 4.43 Å². The van der Waals surface area contributed by atoms with E-state index >= 15 is 0 Å². The Morgan fingerprint density at radius 1 is 1.11 bits per heavy atom. The summed E-state index contributed by atoms with van der Waals surface area (Å²) >= 11 is 0. The lowest BCUT2D eigenvalue weighted by molar-refractivity contribution is -0.126. The van der Waals surface area contributed by atoms with Gasteiger partial charge in [-0.05, 0) is 49.0 Å². The molecular weight excluding hydrogens is 348 g/mol. The quantitative estimate of drug-likeness (QED) is 0.291. The largest absolute Gasteiger partial charge is 0.407 e. The minimum atomic E-state index is -1.95. The lowest BCUT2D eigenvalue weighted by atomic mass is 9.97. The van der Waals surface area contributed by atoms with Crippen LogP contribution >= 0.6 is 0 Å². The molecule has 1 rings (SSSR count). The third kappa shape index (κ3) is 7.75. The molecule has 0 bridgehead atoms. The van der Waals surface area contributed by atoms with Gasteiger partial charge in [-0.3, -0.25) is 4.79 Å². The summed E-state index contributed by atoms with van der Waals surface area (Å²) in [5, 5.41) is 0.120. The zero-order valence-corrected chi connectivity index (χ0v) is 19.6. The maximum Gasteiger partial charge on any atom is 0.193 e. The van der Waals surface area contributed by atoms with Crippen molar-refractivity contribution in [1.82, 2.24) is 0 Å². The van der Waals surface area contributed by atoms with E-state index in [2.05, 4.69) is 78.1 Å². The molecule has 152 valence electrons. The fourth-order valence-corrected chi connectivity index (χ4v) is 4.24. The summed E-state index contributed by atoms with van der Waals surface area (Å²) in [6, 6.07) is 10.4. The molecule has 0 aliphatic heterocycles. The molecule has 3 heteroatoms. The first-order valence-electron chi connectivity index (χ1n) is 10.5. The SMILES string of the molecule is C/C=C(/CCC(=O)C(CCCCC)O[Si](C)(C)C(C)(C)C)c1ccccc1. The minimum Gasteiger partial charge on any atom is -0.407 e. The van der Waals surface area contributed by atoms with Crippen LogP contribution < -0.4 is 0 Å². The van der Waals surface area contributed by atoms with E-state index in [-0.39, 0.29) is 16.9 Å². The van der Waals surface area contributed by atoms with Gasteiger partial charge >= 0.3 is 0 Å². The third-order valence-electron chi connectivity index (χ3n) is 5.81. The molecule has 1 unspecified atom stereocenters. The topological polar surface area (TPSA) is 26.3 Å². The maximum atomic E-state index is 13.1. The van der Waals surface area contributed by atoms with E-state index in [0.29, 0.717) is 6.42 Å². The molecular formula is C24H40O2Si. The van der Waals surface area contributed by atoms with Crippen molar-refractivity contribution in [1.29, 1.82) is 0 Å². The molecule has 1 aromatic rings. The molecule has 0 N–H and O–H groups in total. The second-order valence-corrected chi connectivity index (χ2v) is 13.8. The first-order valence-corrected chi connectivity index (χ1v) is 13.4. The van der Waals surface area contributed by atoms with Crippen LogP contribution in [0.5, 0.6) is 0 Å². The van der Waals surface area contributed by atoms with Gasteiger partial charge in [-0.25, -0.2) is 0 Å². The van der Waals surface area contributed by atoms with E-state index < -0.39 is 8.32 Å². The van der Waals surface area contributed by atoms with Crippen LogP contribution in [-0.4, -0.2) is 20.2 Å². The Morgan fingerprint density at radius 2 is 1.74 bits per heavy atom. The lowest BCUT2D eigenvalue weighted by Gasteiger charge is -2.39. The minimum absolute atomic E-state index is 0.120. The summed E-state index contributed by atoms with van der Waals surface area (Å²) in [5.74, 6) is 0.270. The van der Waals surface area contributed by atoms with E-state index in [1.54, 1.807) is 0 Å². The van der Waals surface area contributed by atoms with Crippen molar-refractivity contribution in [2.75, 3.05) is 0 Å². The van der Waals surface area contributed by atoms with Crippen molar-refractivity contribution >= 4 is 19.7 Å². The first-order chi connectivity index (χ1) is 12.6. The average molecular weight is 389 g/mol. The van der Waals surface area contributed by atoms with Crippen LogP contribution in [0.2, 0.25) is 18.1 Å².